The van der Waals surface area contributed by atoms with Crippen molar-refractivity contribution in [2.24, 2.45) is 11.8 Å². The highest BCUT2D eigenvalue weighted by molar-refractivity contribution is 5.18. The van der Waals surface area contributed by atoms with Gasteiger partial charge in [-0.2, -0.15) is 0 Å². The highest BCUT2D eigenvalue weighted by Crippen LogP contribution is 2.15. The van der Waals surface area contributed by atoms with E-state index in [2.05, 4.69) is 0 Å². The summed E-state index contributed by atoms with van der Waals surface area (Å²) in [6.45, 7) is 5.18. The molecule has 0 fully saturated rings. The molecule has 4 heteroatoms. The van der Waals surface area contributed by atoms with Crippen LogP contribution in [0.5, 0.6) is 0 Å². The number of benzene rings is 1. The summed E-state index contributed by atoms with van der Waals surface area (Å²) in [6.07, 6.45) is 0. The molecule has 0 bridgehead atoms. The van der Waals surface area contributed by atoms with E-state index in [1.54, 1.807) is 0 Å². The molecule has 0 aliphatic heterocycles. The summed E-state index contributed by atoms with van der Waals surface area (Å²) in [7, 11) is 1.84. The molecule has 18 heavy (non-hydrogen) atoms. The van der Waals surface area contributed by atoms with Crippen molar-refractivity contribution in [3.8, 4) is 0 Å². The van der Waals surface area contributed by atoms with Crippen molar-refractivity contribution in [1.82, 2.24) is 4.90 Å². The maximum absolute atomic E-state index is 13.5. The van der Waals surface area contributed by atoms with Crippen LogP contribution in [0.4, 0.5) is 8.78 Å². The summed E-state index contributed by atoms with van der Waals surface area (Å²) < 4.78 is 26.5. The molecule has 0 saturated carbocycles. The Labute approximate surface area is 107 Å². The molecule has 102 valence electrons. The number of hydrogen-bond donors (Lipinski definition) is 1. The van der Waals surface area contributed by atoms with Crippen LogP contribution in [-0.2, 0) is 6.54 Å². The highest BCUT2D eigenvalue weighted by Gasteiger charge is 2.15. The summed E-state index contributed by atoms with van der Waals surface area (Å²) in [5, 5.41) is 9.25. The van der Waals surface area contributed by atoms with E-state index in [4.69, 9.17) is 0 Å². The quantitative estimate of drug-likeness (QED) is 0.847. The van der Waals surface area contributed by atoms with E-state index in [1.165, 1.54) is 6.07 Å². The Bertz CT molecular complexity index is 382. The maximum Gasteiger partial charge on any atom is 0.127 e. The molecule has 0 saturated heterocycles. The molecule has 0 spiro atoms. The Kier molecular flexibility index (Phi) is 5.69. The van der Waals surface area contributed by atoms with Gasteiger partial charge in [0, 0.05) is 25.3 Å². The molecule has 1 atom stereocenters. The molecule has 2 nitrogen and oxygen atoms in total. The van der Waals surface area contributed by atoms with Crippen LogP contribution in [0.25, 0.3) is 0 Å². The van der Waals surface area contributed by atoms with Crippen molar-refractivity contribution in [3.63, 3.8) is 0 Å². The first-order valence-electron chi connectivity index (χ1n) is 6.17. The molecule has 0 amide bonds. The van der Waals surface area contributed by atoms with Crippen LogP contribution in [0.1, 0.15) is 19.4 Å². The van der Waals surface area contributed by atoms with E-state index in [-0.39, 0.29) is 12.5 Å². The predicted molar refractivity (Wildman–Crippen MR) is 68.1 cm³/mol. The zero-order valence-electron chi connectivity index (χ0n) is 11.2. The number of aliphatic hydroxyl groups is 1. The van der Waals surface area contributed by atoms with Gasteiger partial charge in [-0.25, -0.2) is 8.78 Å². The lowest BCUT2D eigenvalue weighted by Crippen LogP contribution is -2.30. The van der Waals surface area contributed by atoms with Crippen LogP contribution in [0.3, 0.4) is 0 Å². The molecule has 1 rings (SSSR count). The monoisotopic (exact) mass is 257 g/mol. The van der Waals surface area contributed by atoms with Crippen molar-refractivity contribution in [2.45, 2.75) is 20.4 Å². The van der Waals surface area contributed by atoms with E-state index in [0.717, 1.165) is 12.1 Å². The molecule has 0 aliphatic carbocycles. The van der Waals surface area contributed by atoms with E-state index in [9.17, 15) is 13.9 Å². The van der Waals surface area contributed by atoms with Crippen molar-refractivity contribution in [1.29, 1.82) is 0 Å². The van der Waals surface area contributed by atoms with E-state index >= 15 is 0 Å². The number of nitrogens with zero attached hydrogens (tertiary/aromatic N) is 1. The lowest BCUT2D eigenvalue weighted by molar-refractivity contribution is 0.143. The van der Waals surface area contributed by atoms with Gasteiger partial charge in [-0.3, -0.25) is 0 Å². The molecule has 0 aromatic heterocycles. The zero-order valence-corrected chi connectivity index (χ0v) is 11.2. The SMILES string of the molecule is CC(C)C(CO)CN(C)Cc1cc(F)ccc1F. The molecular formula is C14H21F2NO. The van der Waals surface area contributed by atoms with Gasteiger partial charge in [-0.15, -0.1) is 0 Å². The summed E-state index contributed by atoms with van der Waals surface area (Å²) in [4.78, 5) is 1.90. The fourth-order valence-corrected chi connectivity index (χ4v) is 1.90. The normalized spacial score (nSPS) is 13.3. The lowest BCUT2D eigenvalue weighted by Gasteiger charge is -2.25. The van der Waals surface area contributed by atoms with Gasteiger partial charge in [-0.05, 0) is 37.1 Å². The fourth-order valence-electron chi connectivity index (χ4n) is 1.90. The van der Waals surface area contributed by atoms with E-state index in [0.29, 0.717) is 24.6 Å². The van der Waals surface area contributed by atoms with Gasteiger partial charge in [0.05, 0.1) is 0 Å². The molecule has 1 N–H and O–H groups in total. The Morgan fingerprint density at radius 1 is 1.28 bits per heavy atom. The van der Waals surface area contributed by atoms with Crippen molar-refractivity contribution in [2.75, 3.05) is 20.2 Å². The van der Waals surface area contributed by atoms with Crippen LogP contribution in [0, 0.1) is 23.5 Å². The first kappa shape index (κ1) is 15.1. The molecular weight excluding hydrogens is 236 g/mol. The third-order valence-corrected chi connectivity index (χ3v) is 3.17. The van der Waals surface area contributed by atoms with Gasteiger partial charge < -0.3 is 10.0 Å². The Hall–Kier alpha value is -1.00. The number of halogens is 2. The minimum atomic E-state index is -0.428. The van der Waals surface area contributed by atoms with E-state index < -0.39 is 11.6 Å². The van der Waals surface area contributed by atoms with Crippen LogP contribution in [0.2, 0.25) is 0 Å². The smallest absolute Gasteiger partial charge is 0.127 e. The largest absolute Gasteiger partial charge is 0.396 e. The predicted octanol–water partition coefficient (Wildman–Crippen LogP) is 2.66. The van der Waals surface area contributed by atoms with Crippen molar-refractivity contribution < 1.29 is 13.9 Å². The highest BCUT2D eigenvalue weighted by atomic mass is 19.1. The molecule has 0 aliphatic rings. The Balaban J connectivity index is 2.63. The average molecular weight is 257 g/mol. The topological polar surface area (TPSA) is 23.5 Å². The van der Waals surface area contributed by atoms with Crippen LogP contribution >= 0.6 is 0 Å². The van der Waals surface area contributed by atoms with Gasteiger partial charge in [0.15, 0.2) is 0 Å². The molecule has 1 unspecified atom stereocenters. The first-order valence-corrected chi connectivity index (χ1v) is 6.17. The molecule has 0 heterocycles. The van der Waals surface area contributed by atoms with Gasteiger partial charge in [0.2, 0.25) is 0 Å². The number of rotatable bonds is 6. The van der Waals surface area contributed by atoms with Gasteiger partial charge >= 0.3 is 0 Å². The minimum absolute atomic E-state index is 0.105. The van der Waals surface area contributed by atoms with Gasteiger partial charge in [0.25, 0.3) is 0 Å². The molecule has 1 aromatic carbocycles. The van der Waals surface area contributed by atoms with Crippen molar-refractivity contribution >= 4 is 0 Å². The van der Waals surface area contributed by atoms with Crippen LogP contribution in [0.15, 0.2) is 18.2 Å². The maximum atomic E-state index is 13.5. The Morgan fingerprint density at radius 3 is 2.50 bits per heavy atom. The summed E-state index contributed by atoms with van der Waals surface area (Å²) in [6, 6.07) is 3.48. The van der Waals surface area contributed by atoms with Gasteiger partial charge in [0.1, 0.15) is 11.6 Å². The van der Waals surface area contributed by atoms with E-state index in [1.807, 2.05) is 25.8 Å². The average Bonchev–Trinajstić information content (AvgIpc) is 2.30. The van der Waals surface area contributed by atoms with Gasteiger partial charge in [-0.1, -0.05) is 13.8 Å². The molecule has 1 aromatic rings. The lowest BCUT2D eigenvalue weighted by atomic mass is 9.96. The Morgan fingerprint density at radius 2 is 1.94 bits per heavy atom. The fraction of sp³-hybridized carbons (Fsp3) is 0.571. The zero-order chi connectivity index (χ0) is 13.7. The van der Waals surface area contributed by atoms with Crippen LogP contribution in [-0.4, -0.2) is 30.2 Å². The second-order valence-electron chi connectivity index (χ2n) is 5.12. The minimum Gasteiger partial charge on any atom is -0.396 e. The second-order valence-corrected chi connectivity index (χ2v) is 5.12. The number of aliphatic hydroxyl groups excluding tert-OH is 1. The number of hydrogen-bond acceptors (Lipinski definition) is 2. The second kappa shape index (κ2) is 6.81. The summed E-state index contributed by atoms with van der Waals surface area (Å²) in [5.41, 5.74) is 0.345. The standard InChI is InChI=1S/C14H21F2NO/c1-10(2)12(9-18)8-17(3)7-11-6-13(15)4-5-14(11)16/h4-6,10,12,18H,7-9H2,1-3H3. The third-order valence-electron chi connectivity index (χ3n) is 3.17. The third kappa shape index (κ3) is 4.35. The molecule has 0 radical (unpaired) electrons. The summed E-state index contributed by atoms with van der Waals surface area (Å²) in [5.74, 6) is -0.322. The first-order chi connectivity index (χ1) is 8.43. The summed E-state index contributed by atoms with van der Waals surface area (Å²) >= 11 is 0. The van der Waals surface area contributed by atoms with Crippen molar-refractivity contribution in [3.05, 3.63) is 35.4 Å². The van der Waals surface area contributed by atoms with Crippen LogP contribution < -0.4 is 0 Å².